The maximum absolute atomic E-state index is 11.9. The summed E-state index contributed by atoms with van der Waals surface area (Å²) < 4.78 is 6.97. The molecule has 6 heteroatoms. The lowest BCUT2D eigenvalue weighted by atomic mass is 9.95. The summed E-state index contributed by atoms with van der Waals surface area (Å²) in [4.78, 5) is 11.9. The minimum Gasteiger partial charge on any atom is -0.444 e. The first-order valence-corrected chi connectivity index (χ1v) is 8.09. The normalized spacial score (nSPS) is 16.5. The van der Waals surface area contributed by atoms with Crippen molar-refractivity contribution in [1.29, 1.82) is 0 Å². The lowest BCUT2D eigenvalue weighted by Crippen LogP contribution is -2.31. The molecule has 22 heavy (non-hydrogen) atoms. The van der Waals surface area contributed by atoms with Crippen LogP contribution in [0.1, 0.15) is 58.4 Å². The average Bonchev–Trinajstić information content (AvgIpc) is 2.77. The van der Waals surface area contributed by atoms with Gasteiger partial charge in [-0.2, -0.15) is 5.10 Å². The zero-order chi connectivity index (χ0) is 16.2. The summed E-state index contributed by atoms with van der Waals surface area (Å²) in [7, 11) is 1.82. The number of nitrogens with zero attached hydrogens (tertiary/aromatic N) is 2. The Kier molecular flexibility index (Phi) is 5.45. The zero-order valence-electron chi connectivity index (χ0n) is 14.1. The Hall–Kier alpha value is -1.56. The molecular weight excluding hydrogens is 280 g/mol. The smallest absolute Gasteiger partial charge is 0.413 e. The molecule has 0 atom stereocenters. The van der Waals surface area contributed by atoms with Crippen molar-refractivity contribution in [2.75, 3.05) is 5.32 Å². The van der Waals surface area contributed by atoms with Gasteiger partial charge in [-0.15, -0.1) is 0 Å². The van der Waals surface area contributed by atoms with Crippen LogP contribution in [0.3, 0.4) is 0 Å². The quantitative estimate of drug-likeness (QED) is 0.896. The van der Waals surface area contributed by atoms with Crippen molar-refractivity contribution in [3.8, 4) is 0 Å². The van der Waals surface area contributed by atoms with Crippen LogP contribution in [0.5, 0.6) is 0 Å². The van der Waals surface area contributed by atoms with E-state index in [0.29, 0.717) is 18.4 Å². The molecule has 1 amide bonds. The topological polar surface area (TPSA) is 68.2 Å². The second-order valence-electron chi connectivity index (χ2n) is 6.98. The molecule has 1 fully saturated rings. The van der Waals surface area contributed by atoms with E-state index >= 15 is 0 Å². The van der Waals surface area contributed by atoms with Crippen LogP contribution >= 0.6 is 0 Å². The molecule has 124 valence electrons. The second-order valence-corrected chi connectivity index (χ2v) is 6.98. The molecule has 1 aromatic heterocycles. The molecule has 0 aromatic carbocycles. The van der Waals surface area contributed by atoms with Crippen LogP contribution in [-0.2, 0) is 18.3 Å². The van der Waals surface area contributed by atoms with Crippen LogP contribution in [0, 0.1) is 0 Å². The monoisotopic (exact) mass is 308 g/mol. The lowest BCUT2D eigenvalue weighted by Gasteiger charge is -2.23. The lowest BCUT2D eigenvalue weighted by molar-refractivity contribution is 0.0634. The Morgan fingerprint density at radius 1 is 1.36 bits per heavy atom. The molecule has 0 radical (unpaired) electrons. The maximum atomic E-state index is 11.9. The van der Waals surface area contributed by atoms with Gasteiger partial charge in [0, 0.05) is 25.2 Å². The number of ether oxygens (including phenoxy) is 1. The third-order valence-electron chi connectivity index (χ3n) is 3.82. The van der Waals surface area contributed by atoms with Crippen molar-refractivity contribution < 1.29 is 9.53 Å². The molecule has 1 heterocycles. The molecular formula is C16H28N4O2. The van der Waals surface area contributed by atoms with Gasteiger partial charge in [-0.05, 0) is 33.6 Å². The first-order valence-electron chi connectivity index (χ1n) is 8.09. The Bertz CT molecular complexity index is 499. The van der Waals surface area contributed by atoms with E-state index < -0.39 is 11.7 Å². The van der Waals surface area contributed by atoms with Crippen LogP contribution in [0.25, 0.3) is 0 Å². The van der Waals surface area contributed by atoms with Crippen molar-refractivity contribution in [3.63, 3.8) is 0 Å². The van der Waals surface area contributed by atoms with Crippen molar-refractivity contribution >= 4 is 11.9 Å². The molecule has 2 N–H and O–H groups in total. The first kappa shape index (κ1) is 16.8. The van der Waals surface area contributed by atoms with Crippen LogP contribution in [0.4, 0.5) is 10.6 Å². The molecule has 0 saturated heterocycles. The maximum Gasteiger partial charge on any atom is 0.413 e. The predicted molar refractivity (Wildman–Crippen MR) is 86.8 cm³/mol. The van der Waals surface area contributed by atoms with Gasteiger partial charge in [-0.3, -0.25) is 10.00 Å². The van der Waals surface area contributed by atoms with Crippen molar-refractivity contribution in [2.24, 2.45) is 7.05 Å². The van der Waals surface area contributed by atoms with Crippen molar-refractivity contribution in [2.45, 2.75) is 71.1 Å². The number of aryl methyl sites for hydroxylation is 1. The van der Waals surface area contributed by atoms with Gasteiger partial charge >= 0.3 is 6.09 Å². The van der Waals surface area contributed by atoms with E-state index in [9.17, 15) is 4.79 Å². The fourth-order valence-corrected chi connectivity index (χ4v) is 2.73. The van der Waals surface area contributed by atoms with Gasteiger partial charge in [0.2, 0.25) is 0 Å². The molecule has 2 rings (SSSR count). The molecule has 0 unspecified atom stereocenters. The fraction of sp³-hybridized carbons (Fsp3) is 0.750. The molecule has 6 nitrogen and oxygen atoms in total. The second kappa shape index (κ2) is 7.13. The number of anilines is 1. The summed E-state index contributed by atoms with van der Waals surface area (Å²) in [6.07, 6.45) is 7.75. The van der Waals surface area contributed by atoms with E-state index in [0.717, 1.165) is 5.56 Å². The number of rotatable bonds is 4. The van der Waals surface area contributed by atoms with Gasteiger partial charge < -0.3 is 10.1 Å². The standard InChI is InChI=1S/C16H28N4O2/c1-16(2,3)22-15(21)19-14-12(11-18-20(14)4)10-17-13-8-6-5-7-9-13/h11,13,17H,5-10H2,1-4H3,(H,19,21). The van der Waals surface area contributed by atoms with Gasteiger partial charge in [-0.25, -0.2) is 4.79 Å². The zero-order valence-corrected chi connectivity index (χ0v) is 14.1. The van der Waals surface area contributed by atoms with Gasteiger partial charge in [0.05, 0.1) is 6.20 Å². The summed E-state index contributed by atoms with van der Waals surface area (Å²) in [5.41, 5.74) is 0.474. The highest BCUT2D eigenvalue weighted by Gasteiger charge is 2.20. The Balaban J connectivity index is 1.93. The number of nitrogens with one attached hydrogen (secondary N) is 2. The number of hydrogen-bond acceptors (Lipinski definition) is 4. The Morgan fingerprint density at radius 2 is 2.05 bits per heavy atom. The molecule has 1 aromatic rings. The minimum absolute atomic E-state index is 0.449. The van der Waals surface area contributed by atoms with E-state index in [4.69, 9.17) is 4.74 Å². The SMILES string of the molecule is Cn1ncc(CNC2CCCCC2)c1NC(=O)OC(C)(C)C. The fourth-order valence-electron chi connectivity index (χ4n) is 2.73. The number of hydrogen-bond donors (Lipinski definition) is 2. The highest BCUT2D eigenvalue weighted by molar-refractivity contribution is 5.84. The minimum atomic E-state index is -0.511. The molecule has 0 spiro atoms. The molecule has 1 aliphatic carbocycles. The highest BCUT2D eigenvalue weighted by Crippen LogP contribution is 2.20. The van der Waals surface area contributed by atoms with Gasteiger partial charge in [-0.1, -0.05) is 19.3 Å². The number of carbonyl (C=O) groups excluding carboxylic acids is 1. The van der Waals surface area contributed by atoms with Crippen molar-refractivity contribution in [1.82, 2.24) is 15.1 Å². The predicted octanol–water partition coefficient (Wildman–Crippen LogP) is 3.19. The summed E-state index contributed by atoms with van der Waals surface area (Å²) in [5.74, 6) is 0.692. The van der Waals surface area contributed by atoms with Gasteiger partial charge in [0.25, 0.3) is 0 Å². The molecule has 0 bridgehead atoms. The van der Waals surface area contributed by atoms with Gasteiger partial charge in [0.1, 0.15) is 11.4 Å². The van der Waals surface area contributed by atoms with E-state index in [1.807, 2.05) is 27.8 Å². The highest BCUT2D eigenvalue weighted by atomic mass is 16.6. The third kappa shape index (κ3) is 5.02. The average molecular weight is 308 g/mol. The largest absolute Gasteiger partial charge is 0.444 e. The van der Waals surface area contributed by atoms with Crippen LogP contribution < -0.4 is 10.6 Å². The number of amides is 1. The first-order chi connectivity index (χ1) is 10.3. The van der Waals surface area contributed by atoms with Crippen LogP contribution in [0.2, 0.25) is 0 Å². The van der Waals surface area contributed by atoms with E-state index in [-0.39, 0.29) is 0 Å². The third-order valence-corrected chi connectivity index (χ3v) is 3.82. The Morgan fingerprint density at radius 3 is 2.68 bits per heavy atom. The van der Waals surface area contributed by atoms with E-state index in [1.165, 1.54) is 32.1 Å². The number of carbonyl (C=O) groups is 1. The van der Waals surface area contributed by atoms with E-state index in [2.05, 4.69) is 15.7 Å². The summed E-state index contributed by atoms with van der Waals surface area (Å²) in [6.45, 7) is 6.26. The van der Waals surface area contributed by atoms with E-state index in [1.54, 1.807) is 10.9 Å². The van der Waals surface area contributed by atoms with Crippen LogP contribution in [-0.4, -0.2) is 27.5 Å². The molecule has 0 aliphatic heterocycles. The Labute approximate surface area is 132 Å². The van der Waals surface area contributed by atoms with Gasteiger partial charge in [0.15, 0.2) is 0 Å². The summed E-state index contributed by atoms with van der Waals surface area (Å²) in [6, 6.07) is 0.573. The summed E-state index contributed by atoms with van der Waals surface area (Å²) in [5, 5.41) is 10.6. The van der Waals surface area contributed by atoms with Crippen LogP contribution in [0.15, 0.2) is 6.20 Å². The summed E-state index contributed by atoms with van der Waals surface area (Å²) >= 11 is 0. The molecule has 1 saturated carbocycles. The number of aromatic nitrogens is 2. The van der Waals surface area contributed by atoms with Crippen molar-refractivity contribution in [3.05, 3.63) is 11.8 Å². The molecule has 1 aliphatic rings.